The summed E-state index contributed by atoms with van der Waals surface area (Å²) < 4.78 is 5.56. The van der Waals surface area contributed by atoms with Gasteiger partial charge in [-0.05, 0) is 50.7 Å². The van der Waals surface area contributed by atoms with E-state index in [2.05, 4.69) is 24.5 Å². The second-order valence-electron chi connectivity index (χ2n) is 5.21. The summed E-state index contributed by atoms with van der Waals surface area (Å²) in [4.78, 5) is 0. The van der Waals surface area contributed by atoms with Crippen molar-refractivity contribution in [3.63, 3.8) is 0 Å². The Balaban J connectivity index is 1.80. The molecule has 1 aliphatic rings. The van der Waals surface area contributed by atoms with Gasteiger partial charge in [-0.25, -0.2) is 0 Å². The minimum absolute atomic E-state index is 0.751. The van der Waals surface area contributed by atoms with Crippen molar-refractivity contribution >= 4 is 0 Å². The Morgan fingerprint density at radius 1 is 1.38 bits per heavy atom. The van der Waals surface area contributed by atoms with Crippen molar-refractivity contribution in [2.45, 2.75) is 33.1 Å². The number of piperidine rings is 1. The molecular formula is C13H28N2O. The standard InChI is InChI=1S/C13H28N2O/c1-12(2)5-8-16-9-7-15-11-13-4-3-6-14-10-13/h12-15H,3-11H2,1-2H3. The molecule has 3 nitrogen and oxygen atoms in total. The van der Waals surface area contributed by atoms with Gasteiger partial charge in [0, 0.05) is 13.2 Å². The van der Waals surface area contributed by atoms with Gasteiger partial charge in [0.05, 0.1) is 6.61 Å². The van der Waals surface area contributed by atoms with Gasteiger partial charge in [0.25, 0.3) is 0 Å². The van der Waals surface area contributed by atoms with E-state index in [0.29, 0.717) is 0 Å². The van der Waals surface area contributed by atoms with E-state index in [1.165, 1.54) is 32.4 Å². The molecule has 0 aromatic carbocycles. The fourth-order valence-electron chi connectivity index (χ4n) is 1.97. The lowest BCUT2D eigenvalue weighted by Crippen LogP contribution is -2.36. The molecule has 96 valence electrons. The highest BCUT2D eigenvalue weighted by Crippen LogP contribution is 2.07. The molecule has 0 aliphatic carbocycles. The lowest BCUT2D eigenvalue weighted by Gasteiger charge is -2.22. The minimum atomic E-state index is 0.751. The molecular weight excluding hydrogens is 200 g/mol. The van der Waals surface area contributed by atoms with Gasteiger partial charge in [-0.15, -0.1) is 0 Å². The number of rotatable bonds is 8. The first kappa shape index (κ1) is 13.9. The lowest BCUT2D eigenvalue weighted by atomic mass is 10.00. The average Bonchev–Trinajstić information content (AvgIpc) is 2.29. The van der Waals surface area contributed by atoms with Gasteiger partial charge < -0.3 is 15.4 Å². The molecule has 2 N–H and O–H groups in total. The van der Waals surface area contributed by atoms with E-state index in [1.54, 1.807) is 0 Å². The first-order valence-electron chi connectivity index (χ1n) is 6.78. The highest BCUT2D eigenvalue weighted by atomic mass is 16.5. The summed E-state index contributed by atoms with van der Waals surface area (Å²) in [6.45, 7) is 10.7. The van der Waals surface area contributed by atoms with Gasteiger partial charge in [0.15, 0.2) is 0 Å². The van der Waals surface area contributed by atoms with Crippen molar-refractivity contribution < 1.29 is 4.74 Å². The van der Waals surface area contributed by atoms with Crippen molar-refractivity contribution in [3.05, 3.63) is 0 Å². The van der Waals surface area contributed by atoms with Crippen molar-refractivity contribution in [1.82, 2.24) is 10.6 Å². The first-order valence-corrected chi connectivity index (χ1v) is 6.78. The maximum absolute atomic E-state index is 5.56. The van der Waals surface area contributed by atoms with Gasteiger partial charge in [-0.1, -0.05) is 13.8 Å². The fraction of sp³-hybridized carbons (Fsp3) is 1.00. The molecule has 1 unspecified atom stereocenters. The van der Waals surface area contributed by atoms with Crippen molar-refractivity contribution in [3.8, 4) is 0 Å². The molecule has 16 heavy (non-hydrogen) atoms. The van der Waals surface area contributed by atoms with Crippen LogP contribution in [0.1, 0.15) is 33.1 Å². The summed E-state index contributed by atoms with van der Waals surface area (Å²) in [5, 5.41) is 6.92. The molecule has 0 aromatic heterocycles. The average molecular weight is 228 g/mol. The molecule has 0 aromatic rings. The Morgan fingerprint density at radius 3 is 2.94 bits per heavy atom. The fourth-order valence-corrected chi connectivity index (χ4v) is 1.97. The number of nitrogens with one attached hydrogen (secondary N) is 2. The third-order valence-electron chi connectivity index (χ3n) is 3.09. The van der Waals surface area contributed by atoms with Crippen LogP contribution in [0.4, 0.5) is 0 Å². The molecule has 1 fully saturated rings. The number of hydrogen-bond acceptors (Lipinski definition) is 3. The summed E-state index contributed by atoms with van der Waals surface area (Å²) in [5.41, 5.74) is 0. The molecule has 1 atom stereocenters. The molecule has 0 saturated carbocycles. The summed E-state index contributed by atoms with van der Waals surface area (Å²) in [6.07, 6.45) is 3.87. The van der Waals surface area contributed by atoms with E-state index in [0.717, 1.165) is 38.1 Å². The Bertz CT molecular complexity index is 156. The van der Waals surface area contributed by atoms with Crippen LogP contribution in [0.3, 0.4) is 0 Å². The SMILES string of the molecule is CC(C)CCOCCNCC1CCCNC1. The van der Waals surface area contributed by atoms with Gasteiger partial charge in [0.1, 0.15) is 0 Å². The Kier molecular flexibility index (Phi) is 7.81. The zero-order valence-corrected chi connectivity index (χ0v) is 10.9. The molecule has 1 heterocycles. The van der Waals surface area contributed by atoms with Gasteiger partial charge in [-0.3, -0.25) is 0 Å². The summed E-state index contributed by atoms with van der Waals surface area (Å²) in [7, 11) is 0. The summed E-state index contributed by atoms with van der Waals surface area (Å²) >= 11 is 0. The minimum Gasteiger partial charge on any atom is -0.380 e. The van der Waals surface area contributed by atoms with Crippen LogP contribution >= 0.6 is 0 Å². The zero-order valence-electron chi connectivity index (χ0n) is 10.9. The van der Waals surface area contributed by atoms with E-state index in [9.17, 15) is 0 Å². The largest absolute Gasteiger partial charge is 0.380 e. The van der Waals surface area contributed by atoms with Crippen molar-refractivity contribution in [2.24, 2.45) is 11.8 Å². The molecule has 3 heteroatoms. The van der Waals surface area contributed by atoms with E-state index >= 15 is 0 Å². The van der Waals surface area contributed by atoms with E-state index in [4.69, 9.17) is 4.74 Å². The van der Waals surface area contributed by atoms with Crippen LogP contribution < -0.4 is 10.6 Å². The monoisotopic (exact) mass is 228 g/mol. The van der Waals surface area contributed by atoms with Crippen LogP contribution in [0.15, 0.2) is 0 Å². The Hall–Kier alpha value is -0.120. The summed E-state index contributed by atoms with van der Waals surface area (Å²) in [5.74, 6) is 1.57. The Morgan fingerprint density at radius 2 is 2.25 bits per heavy atom. The molecule has 1 saturated heterocycles. The first-order chi connectivity index (χ1) is 7.79. The highest BCUT2D eigenvalue weighted by molar-refractivity contribution is 4.70. The second-order valence-corrected chi connectivity index (χ2v) is 5.21. The summed E-state index contributed by atoms with van der Waals surface area (Å²) in [6, 6.07) is 0. The maximum Gasteiger partial charge on any atom is 0.0590 e. The quantitative estimate of drug-likeness (QED) is 0.620. The molecule has 0 bridgehead atoms. The van der Waals surface area contributed by atoms with Crippen LogP contribution in [0.2, 0.25) is 0 Å². The number of hydrogen-bond donors (Lipinski definition) is 2. The molecule has 0 spiro atoms. The van der Waals surface area contributed by atoms with Crippen LogP contribution in [0.5, 0.6) is 0 Å². The zero-order chi connectivity index (χ0) is 11.6. The predicted molar refractivity (Wildman–Crippen MR) is 68.7 cm³/mol. The van der Waals surface area contributed by atoms with Gasteiger partial charge >= 0.3 is 0 Å². The molecule has 0 radical (unpaired) electrons. The normalized spacial score (nSPS) is 21.6. The van der Waals surface area contributed by atoms with Crippen LogP contribution in [-0.4, -0.2) is 39.4 Å². The molecule has 0 amide bonds. The highest BCUT2D eigenvalue weighted by Gasteiger charge is 2.11. The van der Waals surface area contributed by atoms with Gasteiger partial charge in [0.2, 0.25) is 0 Å². The lowest BCUT2D eigenvalue weighted by molar-refractivity contribution is 0.124. The Labute approximate surface area is 100 Å². The predicted octanol–water partition coefficient (Wildman–Crippen LogP) is 1.64. The van der Waals surface area contributed by atoms with Crippen LogP contribution in [0.25, 0.3) is 0 Å². The van der Waals surface area contributed by atoms with Crippen LogP contribution in [-0.2, 0) is 4.74 Å². The van der Waals surface area contributed by atoms with E-state index < -0.39 is 0 Å². The molecule has 1 aliphatic heterocycles. The van der Waals surface area contributed by atoms with E-state index in [1.807, 2.05) is 0 Å². The third kappa shape index (κ3) is 7.20. The van der Waals surface area contributed by atoms with Crippen LogP contribution in [0, 0.1) is 11.8 Å². The van der Waals surface area contributed by atoms with Gasteiger partial charge in [-0.2, -0.15) is 0 Å². The number of ether oxygens (including phenoxy) is 1. The third-order valence-corrected chi connectivity index (χ3v) is 3.09. The topological polar surface area (TPSA) is 33.3 Å². The smallest absolute Gasteiger partial charge is 0.0590 e. The second kappa shape index (κ2) is 8.97. The maximum atomic E-state index is 5.56. The van der Waals surface area contributed by atoms with Crippen molar-refractivity contribution in [1.29, 1.82) is 0 Å². The van der Waals surface area contributed by atoms with Crippen molar-refractivity contribution in [2.75, 3.05) is 39.4 Å². The van der Waals surface area contributed by atoms with E-state index in [-0.39, 0.29) is 0 Å². The molecule has 1 rings (SSSR count).